The Kier molecular flexibility index (Phi) is 8.48. The van der Waals surface area contributed by atoms with Crippen molar-refractivity contribution >= 4 is 27.8 Å². The first kappa shape index (κ1) is 26.2. The number of aliphatic hydroxyl groups is 1. The number of benzene rings is 1. The molecule has 2 atom stereocenters. The van der Waals surface area contributed by atoms with Gasteiger partial charge in [-0.05, 0) is 42.9 Å². The molecule has 7 N–H and O–H groups in total. The molecule has 190 valence electrons. The smallest absolute Gasteiger partial charge is 0.299 e. The van der Waals surface area contributed by atoms with Crippen LogP contribution in [0.3, 0.4) is 0 Å². The van der Waals surface area contributed by atoms with Gasteiger partial charge >= 0.3 is 0 Å². The number of aromatic nitrogens is 1. The molecule has 1 unspecified atom stereocenters. The van der Waals surface area contributed by atoms with Crippen molar-refractivity contribution in [2.45, 2.75) is 44.5 Å². The summed E-state index contributed by atoms with van der Waals surface area (Å²) in [6, 6.07) is 10.5. The average Bonchev–Trinajstić information content (AvgIpc) is 2.82. The number of nitrogens with zero attached hydrogens (tertiary/aromatic N) is 2. The van der Waals surface area contributed by atoms with E-state index in [0.717, 1.165) is 10.1 Å². The fourth-order valence-electron chi connectivity index (χ4n) is 3.96. The molecule has 0 aliphatic carbocycles. The predicted molar refractivity (Wildman–Crippen MR) is 132 cm³/mol. The van der Waals surface area contributed by atoms with Crippen molar-refractivity contribution in [3.8, 4) is 0 Å². The monoisotopic (exact) mass is 505 g/mol. The summed E-state index contributed by atoms with van der Waals surface area (Å²) in [5.41, 5.74) is 6.20. The molecule has 1 aliphatic rings. The molecule has 2 heterocycles. The lowest BCUT2D eigenvalue weighted by atomic mass is 10.0. The largest absolute Gasteiger partial charge is 0.371 e. The molecule has 13 heteroatoms. The Hall–Kier alpha value is -3.42. The molecule has 1 aromatic heterocycles. The molecule has 1 aliphatic heterocycles. The van der Waals surface area contributed by atoms with Crippen LogP contribution >= 0.6 is 0 Å². The SMILES string of the molecule is CNS(=O)(=O)Nc1c(CCc2ccccc2)ccn(CC(=O)N[C@H]2CCCN(C(=N)N)C2O)c1=O. The molecular weight excluding hydrogens is 474 g/mol. The highest BCUT2D eigenvalue weighted by atomic mass is 32.2. The summed E-state index contributed by atoms with van der Waals surface area (Å²) < 4.78 is 29.8. The number of hydrogen-bond donors (Lipinski definition) is 6. The molecule has 0 radical (unpaired) electrons. The zero-order valence-electron chi connectivity index (χ0n) is 19.4. The van der Waals surface area contributed by atoms with Crippen molar-refractivity contribution in [3.05, 3.63) is 64.1 Å². The third-order valence-electron chi connectivity index (χ3n) is 5.85. The van der Waals surface area contributed by atoms with Crippen molar-refractivity contribution < 1.29 is 18.3 Å². The summed E-state index contributed by atoms with van der Waals surface area (Å²) in [6.45, 7) is 0.0249. The summed E-state index contributed by atoms with van der Waals surface area (Å²) in [4.78, 5) is 27.1. The lowest BCUT2D eigenvalue weighted by Gasteiger charge is -2.38. The van der Waals surface area contributed by atoms with Gasteiger partial charge in [-0.25, -0.2) is 4.72 Å². The van der Waals surface area contributed by atoms with Gasteiger partial charge in [0.05, 0.1) is 6.04 Å². The molecule has 1 amide bonds. The van der Waals surface area contributed by atoms with E-state index in [-0.39, 0.29) is 18.2 Å². The van der Waals surface area contributed by atoms with E-state index in [1.54, 1.807) is 6.07 Å². The van der Waals surface area contributed by atoms with Gasteiger partial charge in [0, 0.05) is 19.8 Å². The third kappa shape index (κ3) is 6.81. The molecular formula is C22H31N7O5S. The second kappa shape index (κ2) is 11.3. The van der Waals surface area contributed by atoms with E-state index in [4.69, 9.17) is 11.1 Å². The van der Waals surface area contributed by atoms with Crippen LogP contribution < -0.4 is 26.1 Å². The topological polar surface area (TPSA) is 183 Å². The minimum atomic E-state index is -3.97. The Labute approximate surface area is 203 Å². The number of nitrogens with two attached hydrogens (primary N) is 1. The third-order valence-corrected chi connectivity index (χ3v) is 6.86. The number of pyridine rings is 1. The van der Waals surface area contributed by atoms with Crippen molar-refractivity contribution in [2.75, 3.05) is 18.3 Å². The maximum Gasteiger partial charge on any atom is 0.299 e. The van der Waals surface area contributed by atoms with Gasteiger partial charge in [0.15, 0.2) is 5.96 Å². The molecule has 0 saturated carbocycles. The fourth-order valence-corrected chi connectivity index (χ4v) is 4.55. The number of hydrogen-bond acceptors (Lipinski definition) is 6. The number of likely N-dealkylation sites (tertiary alicyclic amines) is 1. The first-order chi connectivity index (χ1) is 16.6. The number of rotatable bonds is 9. The summed E-state index contributed by atoms with van der Waals surface area (Å²) >= 11 is 0. The number of carbonyl (C=O) groups is 1. The Morgan fingerprint density at radius 1 is 1.23 bits per heavy atom. The van der Waals surface area contributed by atoms with E-state index in [9.17, 15) is 23.1 Å². The van der Waals surface area contributed by atoms with Crippen molar-refractivity contribution in [2.24, 2.45) is 5.73 Å². The molecule has 1 aromatic carbocycles. The second-order valence-corrected chi connectivity index (χ2v) is 9.87. The molecule has 0 spiro atoms. The van der Waals surface area contributed by atoms with Gasteiger partial charge in [-0.3, -0.25) is 19.7 Å². The number of carbonyl (C=O) groups excluding carboxylic acids is 1. The Balaban J connectivity index is 1.79. The lowest BCUT2D eigenvalue weighted by Crippen LogP contribution is -2.58. The number of aryl methyl sites for hydroxylation is 2. The number of piperidine rings is 1. The highest BCUT2D eigenvalue weighted by Gasteiger charge is 2.31. The predicted octanol–water partition coefficient (Wildman–Crippen LogP) is -0.698. The standard InChI is InChI=1S/C22H31N7O5S/c1-25-35(33,34)27-19-16(10-9-15-6-3-2-4-7-15)11-13-28(21(19)32)14-18(30)26-17-8-5-12-29(20(17)31)22(23)24/h2-4,6-7,11,13,17,20,25,27,31H,5,8-10,12,14H2,1H3,(H3,23,24)(H,26,30)/t17-,20?/m0/s1. The maximum atomic E-state index is 13.2. The summed E-state index contributed by atoms with van der Waals surface area (Å²) in [6.07, 6.45) is 2.39. The number of nitrogens with one attached hydrogen (secondary N) is 4. The van der Waals surface area contributed by atoms with E-state index < -0.39 is 33.9 Å². The maximum absolute atomic E-state index is 13.2. The normalized spacial score (nSPS) is 18.2. The van der Waals surface area contributed by atoms with Crippen LogP contribution in [0.1, 0.15) is 24.0 Å². The molecule has 0 bridgehead atoms. The highest BCUT2D eigenvalue weighted by molar-refractivity contribution is 7.90. The van der Waals surface area contributed by atoms with Gasteiger partial charge in [-0.15, -0.1) is 0 Å². The van der Waals surface area contributed by atoms with Gasteiger partial charge in [0.25, 0.3) is 15.8 Å². The van der Waals surface area contributed by atoms with E-state index in [0.29, 0.717) is 37.8 Å². The zero-order chi connectivity index (χ0) is 25.6. The number of amides is 1. The number of anilines is 1. The molecule has 12 nitrogen and oxygen atoms in total. The number of guanidine groups is 1. The van der Waals surface area contributed by atoms with Crippen molar-refractivity contribution in [1.82, 2.24) is 19.5 Å². The van der Waals surface area contributed by atoms with Crippen LogP contribution in [0.4, 0.5) is 5.69 Å². The molecule has 3 rings (SSSR count). The Bertz CT molecular complexity index is 1220. The van der Waals surface area contributed by atoms with E-state index >= 15 is 0 Å². The molecule has 1 saturated heterocycles. The minimum absolute atomic E-state index is 0.133. The van der Waals surface area contributed by atoms with E-state index in [1.807, 2.05) is 30.3 Å². The Morgan fingerprint density at radius 3 is 2.60 bits per heavy atom. The van der Waals surface area contributed by atoms with E-state index in [1.165, 1.54) is 18.1 Å². The summed E-state index contributed by atoms with van der Waals surface area (Å²) in [5.74, 6) is -0.832. The van der Waals surface area contributed by atoms with Crippen LogP contribution in [-0.2, 0) is 34.4 Å². The van der Waals surface area contributed by atoms with Crippen LogP contribution in [0.5, 0.6) is 0 Å². The summed E-state index contributed by atoms with van der Waals surface area (Å²) in [7, 11) is -2.75. The Morgan fingerprint density at radius 2 is 1.94 bits per heavy atom. The van der Waals surface area contributed by atoms with Gasteiger partial charge in [-0.2, -0.15) is 8.42 Å². The first-order valence-corrected chi connectivity index (χ1v) is 12.6. The second-order valence-electron chi connectivity index (χ2n) is 8.25. The van der Waals surface area contributed by atoms with Crippen LogP contribution in [0.25, 0.3) is 0 Å². The lowest BCUT2D eigenvalue weighted by molar-refractivity contribution is -0.125. The van der Waals surface area contributed by atoms with Gasteiger partial charge in [0.1, 0.15) is 18.5 Å². The van der Waals surface area contributed by atoms with Crippen LogP contribution in [0.15, 0.2) is 47.4 Å². The number of aliphatic hydroxyl groups excluding tert-OH is 1. The molecule has 35 heavy (non-hydrogen) atoms. The first-order valence-electron chi connectivity index (χ1n) is 11.2. The molecule has 2 aromatic rings. The summed E-state index contributed by atoms with van der Waals surface area (Å²) in [5, 5.41) is 20.6. The van der Waals surface area contributed by atoms with Gasteiger partial charge in [-0.1, -0.05) is 30.3 Å². The average molecular weight is 506 g/mol. The quantitative estimate of drug-likeness (QED) is 0.192. The van der Waals surface area contributed by atoms with Crippen LogP contribution in [0, 0.1) is 5.41 Å². The minimum Gasteiger partial charge on any atom is -0.371 e. The van der Waals surface area contributed by atoms with Crippen LogP contribution in [-0.4, -0.2) is 60.7 Å². The highest BCUT2D eigenvalue weighted by Crippen LogP contribution is 2.17. The van der Waals surface area contributed by atoms with Gasteiger partial charge in [0.2, 0.25) is 5.91 Å². The van der Waals surface area contributed by atoms with Crippen molar-refractivity contribution in [3.63, 3.8) is 0 Å². The molecule has 1 fully saturated rings. The van der Waals surface area contributed by atoms with Crippen LogP contribution in [0.2, 0.25) is 0 Å². The van der Waals surface area contributed by atoms with Gasteiger partial charge < -0.3 is 25.6 Å². The van der Waals surface area contributed by atoms with E-state index in [2.05, 4.69) is 14.8 Å². The van der Waals surface area contributed by atoms with Crippen molar-refractivity contribution in [1.29, 1.82) is 5.41 Å². The zero-order valence-corrected chi connectivity index (χ0v) is 20.2. The fraction of sp³-hybridized carbons (Fsp3) is 0.409.